The van der Waals surface area contributed by atoms with Crippen molar-refractivity contribution < 1.29 is 17.9 Å². The van der Waals surface area contributed by atoms with E-state index in [1.807, 2.05) is 6.92 Å². The maximum atomic E-state index is 12.0. The van der Waals surface area contributed by atoms with Crippen LogP contribution in [0.1, 0.15) is 18.1 Å². The van der Waals surface area contributed by atoms with Gasteiger partial charge in [-0.2, -0.15) is 0 Å². The molecule has 0 atom stereocenters. The molecule has 1 aromatic rings. The Balaban J connectivity index is 3.06. The van der Waals surface area contributed by atoms with Crippen LogP contribution in [0.5, 0.6) is 5.75 Å². The molecule has 0 radical (unpaired) electrons. The lowest BCUT2D eigenvalue weighted by atomic mass is 10.0. The van der Waals surface area contributed by atoms with Crippen LogP contribution < -0.4 is 10.5 Å². The third-order valence-electron chi connectivity index (χ3n) is 2.04. The zero-order chi connectivity index (χ0) is 11.5. The Kier molecular flexibility index (Phi) is 3.57. The largest absolute Gasteiger partial charge is 0.573 e. The summed E-state index contributed by atoms with van der Waals surface area (Å²) in [6.45, 7) is 1.89. The molecule has 0 spiro atoms. The number of alkyl halides is 3. The second-order valence-electron chi connectivity index (χ2n) is 3.00. The van der Waals surface area contributed by atoms with Crippen LogP contribution in [0.2, 0.25) is 0 Å². The van der Waals surface area contributed by atoms with Gasteiger partial charge in [-0.15, -0.1) is 13.2 Å². The summed E-state index contributed by atoms with van der Waals surface area (Å²) in [5, 5.41) is 0. The summed E-state index contributed by atoms with van der Waals surface area (Å²) in [6.07, 6.45) is -4.04. The van der Waals surface area contributed by atoms with E-state index < -0.39 is 6.36 Å². The molecule has 0 amide bonds. The van der Waals surface area contributed by atoms with E-state index in [9.17, 15) is 13.2 Å². The third-order valence-corrected chi connectivity index (χ3v) is 2.04. The van der Waals surface area contributed by atoms with Crippen LogP contribution in [-0.4, -0.2) is 6.36 Å². The molecule has 0 bridgehead atoms. The smallest absolute Gasteiger partial charge is 0.405 e. The molecule has 0 unspecified atom stereocenters. The molecule has 0 aromatic heterocycles. The fraction of sp³-hybridized carbons (Fsp3) is 0.400. The van der Waals surface area contributed by atoms with Gasteiger partial charge in [0.1, 0.15) is 5.75 Å². The van der Waals surface area contributed by atoms with Crippen LogP contribution in [0.4, 0.5) is 13.2 Å². The first-order chi connectivity index (χ1) is 6.98. The monoisotopic (exact) mass is 219 g/mol. The molecule has 0 saturated heterocycles. The van der Waals surface area contributed by atoms with Crippen molar-refractivity contribution in [3.8, 4) is 5.75 Å². The number of nitrogens with two attached hydrogens (primary N) is 1. The van der Waals surface area contributed by atoms with E-state index in [2.05, 4.69) is 4.74 Å². The Hall–Kier alpha value is -1.23. The maximum absolute atomic E-state index is 12.0. The fourth-order valence-corrected chi connectivity index (χ4v) is 1.39. The van der Waals surface area contributed by atoms with Crippen LogP contribution in [0.25, 0.3) is 0 Å². The van der Waals surface area contributed by atoms with Gasteiger partial charge >= 0.3 is 6.36 Å². The van der Waals surface area contributed by atoms with E-state index in [-0.39, 0.29) is 12.3 Å². The summed E-state index contributed by atoms with van der Waals surface area (Å²) in [5.41, 5.74) is 6.59. The van der Waals surface area contributed by atoms with Gasteiger partial charge in [0, 0.05) is 12.1 Å². The van der Waals surface area contributed by atoms with Gasteiger partial charge in [0.2, 0.25) is 0 Å². The lowest BCUT2D eigenvalue weighted by Gasteiger charge is -2.14. The van der Waals surface area contributed by atoms with Gasteiger partial charge in [0.15, 0.2) is 0 Å². The highest BCUT2D eigenvalue weighted by Crippen LogP contribution is 2.28. The van der Waals surface area contributed by atoms with Crippen LogP contribution in [0.3, 0.4) is 0 Å². The fourth-order valence-electron chi connectivity index (χ4n) is 1.39. The topological polar surface area (TPSA) is 35.2 Å². The Morgan fingerprint density at radius 2 is 2.00 bits per heavy atom. The first-order valence-corrected chi connectivity index (χ1v) is 4.54. The summed E-state index contributed by atoms with van der Waals surface area (Å²) in [7, 11) is 0. The number of benzene rings is 1. The molecule has 1 rings (SSSR count). The Morgan fingerprint density at radius 3 is 2.47 bits per heavy atom. The highest BCUT2D eigenvalue weighted by molar-refractivity contribution is 5.40. The lowest BCUT2D eigenvalue weighted by molar-refractivity contribution is -0.274. The molecule has 0 heterocycles. The van der Waals surface area contributed by atoms with Gasteiger partial charge in [0.05, 0.1) is 0 Å². The van der Waals surface area contributed by atoms with Gasteiger partial charge in [-0.05, 0) is 18.1 Å². The predicted molar refractivity (Wildman–Crippen MR) is 50.4 cm³/mol. The second-order valence-corrected chi connectivity index (χ2v) is 3.00. The molecular formula is C10H12F3NO. The van der Waals surface area contributed by atoms with Crippen molar-refractivity contribution in [2.45, 2.75) is 26.3 Å². The molecular weight excluding hydrogens is 207 g/mol. The summed E-state index contributed by atoms with van der Waals surface area (Å²) in [5.74, 6) is -0.204. The highest BCUT2D eigenvalue weighted by Gasteiger charge is 2.32. The molecule has 0 saturated carbocycles. The van der Waals surface area contributed by atoms with E-state index >= 15 is 0 Å². The van der Waals surface area contributed by atoms with Crippen molar-refractivity contribution in [2.75, 3.05) is 0 Å². The Labute approximate surface area is 85.8 Å². The number of hydrogen-bond acceptors (Lipinski definition) is 2. The van der Waals surface area contributed by atoms with E-state index in [4.69, 9.17) is 5.73 Å². The summed E-state index contributed by atoms with van der Waals surface area (Å²) in [6, 6.07) is 4.54. The number of halogens is 3. The summed E-state index contributed by atoms with van der Waals surface area (Å²) in [4.78, 5) is 0. The van der Waals surface area contributed by atoms with Crippen molar-refractivity contribution in [1.82, 2.24) is 0 Å². The molecule has 84 valence electrons. The van der Waals surface area contributed by atoms with Crippen LogP contribution in [0.15, 0.2) is 18.2 Å². The first kappa shape index (κ1) is 11.8. The average Bonchev–Trinajstić information content (AvgIpc) is 2.15. The molecule has 1 aromatic carbocycles. The van der Waals surface area contributed by atoms with E-state index in [0.717, 1.165) is 5.56 Å². The first-order valence-electron chi connectivity index (χ1n) is 4.54. The van der Waals surface area contributed by atoms with Crippen molar-refractivity contribution in [3.05, 3.63) is 29.3 Å². The minimum absolute atomic E-state index is 0.0371. The molecule has 15 heavy (non-hydrogen) atoms. The normalized spacial score (nSPS) is 11.5. The van der Waals surface area contributed by atoms with Crippen LogP contribution in [-0.2, 0) is 13.0 Å². The number of ether oxygens (including phenoxy) is 1. The van der Waals surface area contributed by atoms with Gasteiger partial charge in [-0.3, -0.25) is 0 Å². The minimum Gasteiger partial charge on any atom is -0.405 e. The summed E-state index contributed by atoms with van der Waals surface area (Å²) >= 11 is 0. The van der Waals surface area contributed by atoms with Crippen LogP contribution >= 0.6 is 0 Å². The van der Waals surface area contributed by atoms with Gasteiger partial charge < -0.3 is 10.5 Å². The Morgan fingerprint density at radius 1 is 1.33 bits per heavy atom. The van der Waals surface area contributed by atoms with Crippen molar-refractivity contribution in [1.29, 1.82) is 0 Å². The lowest BCUT2D eigenvalue weighted by Crippen LogP contribution is -2.19. The van der Waals surface area contributed by atoms with Crippen molar-refractivity contribution in [3.63, 3.8) is 0 Å². The molecule has 0 aliphatic rings. The average molecular weight is 219 g/mol. The van der Waals surface area contributed by atoms with Gasteiger partial charge in [-0.25, -0.2) is 0 Å². The zero-order valence-corrected chi connectivity index (χ0v) is 8.27. The minimum atomic E-state index is -4.67. The second kappa shape index (κ2) is 4.53. The summed E-state index contributed by atoms with van der Waals surface area (Å²) < 4.78 is 40.0. The number of aryl methyl sites for hydroxylation is 1. The maximum Gasteiger partial charge on any atom is 0.573 e. The molecule has 0 aliphatic carbocycles. The predicted octanol–water partition coefficient (Wildman–Crippen LogP) is 2.61. The van der Waals surface area contributed by atoms with Crippen molar-refractivity contribution in [2.24, 2.45) is 5.73 Å². The number of rotatable bonds is 3. The van der Waals surface area contributed by atoms with Crippen molar-refractivity contribution >= 4 is 0 Å². The van der Waals surface area contributed by atoms with E-state index in [1.165, 1.54) is 12.1 Å². The van der Waals surface area contributed by atoms with Crippen LogP contribution in [0, 0.1) is 0 Å². The van der Waals surface area contributed by atoms with Gasteiger partial charge in [-0.1, -0.05) is 19.1 Å². The number of hydrogen-bond donors (Lipinski definition) is 1. The van der Waals surface area contributed by atoms with E-state index in [1.54, 1.807) is 6.07 Å². The molecule has 2 nitrogen and oxygen atoms in total. The van der Waals surface area contributed by atoms with E-state index in [0.29, 0.717) is 12.0 Å². The Bertz CT molecular complexity index is 336. The molecule has 0 aliphatic heterocycles. The van der Waals surface area contributed by atoms with Gasteiger partial charge in [0.25, 0.3) is 0 Å². The highest BCUT2D eigenvalue weighted by atomic mass is 19.4. The SMILES string of the molecule is CCc1cccc(OC(F)(F)F)c1CN. The molecule has 2 N–H and O–H groups in total. The third kappa shape index (κ3) is 3.13. The molecule has 5 heteroatoms. The standard InChI is InChI=1S/C10H12F3NO/c1-2-7-4-3-5-9(8(7)6-14)15-10(11,12)13/h3-5H,2,6,14H2,1H3. The molecule has 0 fully saturated rings. The zero-order valence-electron chi connectivity index (χ0n) is 8.27. The quantitative estimate of drug-likeness (QED) is 0.848.